The molecule has 0 radical (unpaired) electrons. The molecule has 2 aromatic rings. The van der Waals surface area contributed by atoms with Crippen molar-refractivity contribution in [2.45, 2.75) is 0 Å². The monoisotopic (exact) mass is 329 g/mol. The molecule has 0 unspecified atom stereocenters. The topological polar surface area (TPSA) is 46.6 Å². The van der Waals surface area contributed by atoms with Crippen LogP contribution in [0, 0.1) is 0 Å². The van der Waals surface area contributed by atoms with Gasteiger partial charge in [0.15, 0.2) is 0 Å². The molecule has 0 bridgehead atoms. The summed E-state index contributed by atoms with van der Waals surface area (Å²) in [6, 6.07) is 16.2. The number of carbonyl (C=O) groups is 2. The van der Waals surface area contributed by atoms with E-state index in [0.717, 1.165) is 17.4 Å². The largest absolute Gasteiger partial charge is 0.461 e. The Labute approximate surface area is 140 Å². The molecule has 5 heteroatoms. The maximum absolute atomic E-state index is 12.0. The number of rotatable bonds is 6. The summed E-state index contributed by atoms with van der Waals surface area (Å²) in [5, 5.41) is -0.0222. The molecule has 2 aromatic carbocycles. The highest BCUT2D eigenvalue weighted by Gasteiger charge is 2.09. The van der Waals surface area contributed by atoms with Gasteiger partial charge in [0.1, 0.15) is 6.61 Å². The van der Waals surface area contributed by atoms with Crippen molar-refractivity contribution >= 4 is 28.5 Å². The van der Waals surface area contributed by atoms with Crippen LogP contribution < -0.4 is 4.90 Å². The maximum Gasteiger partial charge on any atom is 0.338 e. The number of benzene rings is 2. The first-order valence-electron chi connectivity index (χ1n) is 7.24. The average Bonchev–Trinajstić information content (AvgIpc) is 2.59. The van der Waals surface area contributed by atoms with Gasteiger partial charge in [0.05, 0.1) is 5.56 Å². The van der Waals surface area contributed by atoms with Gasteiger partial charge in [0, 0.05) is 31.1 Å². The molecule has 0 aliphatic carbocycles. The number of thioether (sulfide) groups is 1. The molecule has 4 nitrogen and oxygen atoms in total. The van der Waals surface area contributed by atoms with Crippen LogP contribution in [0.5, 0.6) is 0 Å². The normalized spacial score (nSPS) is 10.2. The van der Waals surface area contributed by atoms with E-state index < -0.39 is 0 Å². The number of hydrogen-bond donors (Lipinski definition) is 0. The summed E-state index contributed by atoms with van der Waals surface area (Å²) < 4.78 is 5.15. The summed E-state index contributed by atoms with van der Waals surface area (Å²) in [4.78, 5) is 25.8. The number of ether oxygens (including phenoxy) is 1. The Morgan fingerprint density at radius 3 is 2.22 bits per heavy atom. The Hall–Kier alpha value is -2.27. The van der Waals surface area contributed by atoms with Gasteiger partial charge in [-0.2, -0.15) is 0 Å². The Morgan fingerprint density at radius 1 is 0.957 bits per heavy atom. The van der Waals surface area contributed by atoms with Crippen LogP contribution in [0.15, 0.2) is 54.6 Å². The third-order valence-corrected chi connectivity index (χ3v) is 4.05. The Balaban J connectivity index is 1.75. The Bertz CT molecular complexity index is 654. The molecular formula is C18H19NO3S. The van der Waals surface area contributed by atoms with Crippen molar-refractivity contribution in [2.75, 3.05) is 31.4 Å². The van der Waals surface area contributed by atoms with E-state index in [2.05, 4.69) is 0 Å². The van der Waals surface area contributed by atoms with Crippen LogP contribution in [0.1, 0.15) is 20.7 Å². The molecule has 0 saturated heterocycles. The molecule has 0 saturated carbocycles. The molecule has 2 rings (SSSR count). The van der Waals surface area contributed by atoms with E-state index in [4.69, 9.17) is 4.74 Å². The quantitative estimate of drug-likeness (QED) is 0.600. The van der Waals surface area contributed by atoms with Crippen LogP contribution in [0.25, 0.3) is 0 Å². The van der Waals surface area contributed by atoms with E-state index in [1.807, 2.05) is 37.2 Å². The van der Waals surface area contributed by atoms with Gasteiger partial charge in [-0.3, -0.25) is 4.79 Å². The lowest BCUT2D eigenvalue weighted by Gasteiger charge is -2.12. The predicted molar refractivity (Wildman–Crippen MR) is 94.3 cm³/mol. The molecule has 23 heavy (non-hydrogen) atoms. The van der Waals surface area contributed by atoms with Crippen molar-refractivity contribution in [3.63, 3.8) is 0 Å². The molecule has 0 aliphatic rings. The van der Waals surface area contributed by atoms with Gasteiger partial charge in [-0.15, -0.1) is 0 Å². The van der Waals surface area contributed by atoms with E-state index in [-0.39, 0.29) is 17.7 Å². The number of hydrogen-bond acceptors (Lipinski definition) is 5. The molecule has 0 heterocycles. The molecule has 0 spiro atoms. The lowest BCUT2D eigenvalue weighted by molar-refractivity contribution is 0.0529. The van der Waals surface area contributed by atoms with Crippen molar-refractivity contribution < 1.29 is 14.3 Å². The number of esters is 1. The second-order valence-corrected chi connectivity index (χ2v) is 6.15. The summed E-state index contributed by atoms with van der Waals surface area (Å²) in [5.74, 6) is 0.0707. The standard InChI is InChI=1S/C18H19NO3S/c1-19(2)16-10-8-15(9-11-16)18(21)23-13-12-22-17(20)14-6-4-3-5-7-14/h3-11H,12-13H2,1-2H3. The zero-order valence-electron chi connectivity index (χ0n) is 13.2. The summed E-state index contributed by atoms with van der Waals surface area (Å²) in [7, 11) is 3.90. The van der Waals surface area contributed by atoms with Gasteiger partial charge in [0.2, 0.25) is 5.12 Å². The van der Waals surface area contributed by atoms with Crippen molar-refractivity contribution in [1.82, 2.24) is 0 Å². The molecule has 0 fully saturated rings. The lowest BCUT2D eigenvalue weighted by atomic mass is 10.2. The van der Waals surface area contributed by atoms with E-state index in [1.165, 1.54) is 0 Å². The predicted octanol–water partition coefficient (Wildman–Crippen LogP) is 3.48. The lowest BCUT2D eigenvalue weighted by Crippen LogP contribution is -2.09. The van der Waals surface area contributed by atoms with Crippen molar-refractivity contribution in [2.24, 2.45) is 0 Å². The second-order valence-electron chi connectivity index (χ2n) is 5.08. The highest BCUT2D eigenvalue weighted by molar-refractivity contribution is 8.14. The van der Waals surface area contributed by atoms with Gasteiger partial charge in [-0.05, 0) is 36.4 Å². The van der Waals surface area contributed by atoms with Crippen LogP contribution in [-0.4, -0.2) is 37.5 Å². The number of nitrogens with zero attached hydrogens (tertiary/aromatic N) is 1. The fraction of sp³-hybridized carbons (Fsp3) is 0.222. The van der Waals surface area contributed by atoms with Crippen LogP contribution in [0.4, 0.5) is 5.69 Å². The molecule has 0 atom stereocenters. The Morgan fingerprint density at radius 2 is 1.61 bits per heavy atom. The van der Waals surface area contributed by atoms with Crippen molar-refractivity contribution in [1.29, 1.82) is 0 Å². The van der Waals surface area contributed by atoms with Gasteiger partial charge in [0.25, 0.3) is 0 Å². The first-order chi connectivity index (χ1) is 11.1. The molecule has 0 aliphatic heterocycles. The van der Waals surface area contributed by atoms with E-state index in [9.17, 15) is 9.59 Å². The van der Waals surface area contributed by atoms with Crippen LogP contribution in [-0.2, 0) is 4.74 Å². The van der Waals surface area contributed by atoms with E-state index in [1.54, 1.807) is 36.4 Å². The number of carbonyl (C=O) groups excluding carboxylic acids is 2. The Kier molecular flexibility index (Phi) is 6.23. The highest BCUT2D eigenvalue weighted by Crippen LogP contribution is 2.17. The molecule has 120 valence electrons. The third kappa shape index (κ3) is 5.14. The summed E-state index contributed by atoms with van der Waals surface area (Å²) in [6.07, 6.45) is 0. The summed E-state index contributed by atoms with van der Waals surface area (Å²) in [5.41, 5.74) is 2.21. The van der Waals surface area contributed by atoms with Crippen LogP contribution >= 0.6 is 11.8 Å². The first kappa shape index (κ1) is 17.1. The van der Waals surface area contributed by atoms with Crippen molar-refractivity contribution in [3.05, 3.63) is 65.7 Å². The van der Waals surface area contributed by atoms with Gasteiger partial charge in [-0.25, -0.2) is 4.79 Å². The van der Waals surface area contributed by atoms with Gasteiger partial charge >= 0.3 is 5.97 Å². The zero-order valence-corrected chi connectivity index (χ0v) is 14.0. The van der Waals surface area contributed by atoms with Gasteiger partial charge < -0.3 is 9.64 Å². The maximum atomic E-state index is 12.0. The average molecular weight is 329 g/mol. The minimum absolute atomic E-state index is 0.0222. The smallest absolute Gasteiger partial charge is 0.338 e. The van der Waals surface area contributed by atoms with Gasteiger partial charge in [-0.1, -0.05) is 30.0 Å². The second kappa shape index (κ2) is 8.39. The first-order valence-corrected chi connectivity index (χ1v) is 8.23. The third-order valence-electron chi connectivity index (χ3n) is 3.18. The highest BCUT2D eigenvalue weighted by atomic mass is 32.2. The zero-order chi connectivity index (χ0) is 16.7. The number of anilines is 1. The summed E-state index contributed by atoms with van der Waals surface area (Å²) >= 11 is 1.15. The van der Waals surface area contributed by atoms with Crippen LogP contribution in [0.2, 0.25) is 0 Å². The summed E-state index contributed by atoms with van der Waals surface area (Å²) in [6.45, 7) is 0.208. The van der Waals surface area contributed by atoms with Crippen molar-refractivity contribution in [3.8, 4) is 0 Å². The molecule has 0 N–H and O–H groups in total. The molecular weight excluding hydrogens is 310 g/mol. The SMILES string of the molecule is CN(C)c1ccc(C(=O)SCCOC(=O)c2ccccc2)cc1. The molecule has 0 aromatic heterocycles. The van der Waals surface area contributed by atoms with Crippen LogP contribution in [0.3, 0.4) is 0 Å². The molecule has 0 amide bonds. The van der Waals surface area contributed by atoms with E-state index >= 15 is 0 Å². The minimum Gasteiger partial charge on any atom is -0.461 e. The fourth-order valence-electron chi connectivity index (χ4n) is 1.91. The van der Waals surface area contributed by atoms with E-state index in [0.29, 0.717) is 16.9 Å². The fourth-order valence-corrected chi connectivity index (χ4v) is 2.56. The minimum atomic E-state index is -0.367.